The van der Waals surface area contributed by atoms with Crippen molar-refractivity contribution >= 4 is 42.8 Å². The molecule has 0 N–H and O–H groups in total. The van der Waals surface area contributed by atoms with Crippen LogP contribution in [0.15, 0.2) is 130 Å². The molecular formula is C36H25NO2S. The van der Waals surface area contributed by atoms with Crippen molar-refractivity contribution in [2.45, 2.75) is 29.1 Å². The zero-order chi connectivity index (χ0) is 27.0. The molecule has 4 heteroatoms. The topological polar surface area (TPSA) is 46.5 Å². The second kappa shape index (κ2) is 8.48. The minimum Gasteiger partial charge on any atom is -0.256 e. The molecule has 1 atom stereocenters. The van der Waals surface area contributed by atoms with Gasteiger partial charge in [0.05, 0.1) is 21.4 Å². The highest BCUT2D eigenvalue weighted by molar-refractivity contribution is 7.91. The van der Waals surface area contributed by atoms with Gasteiger partial charge in [-0.05, 0) is 74.0 Å². The Bertz CT molecular complexity index is 2100. The number of hydrogen-bond donors (Lipinski definition) is 0. The summed E-state index contributed by atoms with van der Waals surface area (Å²) in [5.41, 5.74) is 7.78. The minimum atomic E-state index is -3.71. The van der Waals surface area contributed by atoms with Gasteiger partial charge in [0, 0.05) is 11.3 Å². The maximum atomic E-state index is 14.1. The van der Waals surface area contributed by atoms with Crippen molar-refractivity contribution in [2.75, 3.05) is 0 Å². The van der Waals surface area contributed by atoms with Crippen LogP contribution >= 0.6 is 0 Å². The van der Waals surface area contributed by atoms with E-state index in [1.807, 2.05) is 30.3 Å². The van der Waals surface area contributed by atoms with E-state index < -0.39 is 9.84 Å². The van der Waals surface area contributed by atoms with Gasteiger partial charge in [-0.25, -0.2) is 8.42 Å². The van der Waals surface area contributed by atoms with E-state index in [0.717, 1.165) is 67.2 Å². The molecule has 0 fully saturated rings. The van der Waals surface area contributed by atoms with Gasteiger partial charge in [-0.3, -0.25) is 4.99 Å². The molecular weight excluding hydrogens is 510 g/mol. The van der Waals surface area contributed by atoms with Gasteiger partial charge in [0.15, 0.2) is 0 Å². The number of rotatable bonds is 3. The third kappa shape index (κ3) is 3.11. The molecule has 6 aromatic carbocycles. The fourth-order valence-corrected chi connectivity index (χ4v) is 8.58. The minimum absolute atomic E-state index is 0.113. The number of aliphatic imine (C=N–C) groups is 1. The van der Waals surface area contributed by atoms with Crippen LogP contribution in [-0.4, -0.2) is 14.1 Å². The SMILES string of the molecule is CCC1=Nc2cccc3c2C1c1ccc(-c2c4ccccc4c(-c4ccccc4)c4ccccc24)cc1S3(=O)=O. The zero-order valence-electron chi connectivity index (χ0n) is 21.9. The lowest BCUT2D eigenvalue weighted by Crippen LogP contribution is -2.21. The van der Waals surface area contributed by atoms with Gasteiger partial charge in [-0.2, -0.15) is 0 Å². The molecule has 40 heavy (non-hydrogen) atoms. The number of fused-ring (bicyclic) bond motifs is 4. The summed E-state index contributed by atoms with van der Waals surface area (Å²) in [6, 6.07) is 38.9. The molecule has 2 aliphatic rings. The van der Waals surface area contributed by atoms with Gasteiger partial charge in [0.2, 0.25) is 9.84 Å². The third-order valence-corrected chi connectivity index (χ3v) is 10.3. The van der Waals surface area contributed by atoms with Crippen LogP contribution in [0.5, 0.6) is 0 Å². The second-order valence-electron chi connectivity index (χ2n) is 10.5. The first-order valence-corrected chi connectivity index (χ1v) is 15.1. The first-order chi connectivity index (χ1) is 19.6. The normalized spacial score (nSPS) is 16.5. The van der Waals surface area contributed by atoms with Crippen molar-refractivity contribution in [3.63, 3.8) is 0 Å². The average Bonchev–Trinajstić information content (AvgIpc) is 3.38. The van der Waals surface area contributed by atoms with Crippen molar-refractivity contribution in [3.8, 4) is 22.3 Å². The number of hydrogen-bond acceptors (Lipinski definition) is 3. The van der Waals surface area contributed by atoms with E-state index in [9.17, 15) is 8.42 Å². The van der Waals surface area contributed by atoms with Crippen molar-refractivity contribution in [1.29, 1.82) is 0 Å². The molecule has 192 valence electrons. The summed E-state index contributed by atoms with van der Waals surface area (Å²) < 4.78 is 28.2. The van der Waals surface area contributed by atoms with E-state index in [4.69, 9.17) is 4.99 Å². The van der Waals surface area contributed by atoms with Crippen LogP contribution in [-0.2, 0) is 9.84 Å². The lowest BCUT2D eigenvalue weighted by Gasteiger charge is -2.27. The molecule has 0 saturated carbocycles. The molecule has 0 saturated heterocycles. The Morgan fingerprint density at radius 1 is 0.625 bits per heavy atom. The number of sulfone groups is 1. The predicted molar refractivity (Wildman–Crippen MR) is 163 cm³/mol. The molecule has 0 bridgehead atoms. The second-order valence-corrected chi connectivity index (χ2v) is 12.4. The Labute approximate surface area is 233 Å². The van der Waals surface area contributed by atoms with Crippen LogP contribution in [0.25, 0.3) is 43.8 Å². The summed E-state index contributed by atoms with van der Waals surface area (Å²) in [6.07, 6.45) is 0.774. The van der Waals surface area contributed by atoms with Crippen LogP contribution in [0, 0.1) is 0 Å². The number of benzene rings is 6. The molecule has 0 amide bonds. The van der Waals surface area contributed by atoms with Crippen molar-refractivity contribution in [1.82, 2.24) is 0 Å². The number of nitrogens with zero attached hydrogens (tertiary/aromatic N) is 1. The summed E-state index contributed by atoms with van der Waals surface area (Å²) in [5, 5.41) is 4.50. The van der Waals surface area contributed by atoms with Gasteiger partial charge >= 0.3 is 0 Å². The molecule has 3 nitrogen and oxygen atoms in total. The molecule has 0 aromatic heterocycles. The highest BCUT2D eigenvalue weighted by atomic mass is 32.2. The van der Waals surface area contributed by atoms with Gasteiger partial charge in [-0.1, -0.05) is 104 Å². The third-order valence-electron chi connectivity index (χ3n) is 8.48. The highest BCUT2D eigenvalue weighted by Crippen LogP contribution is 2.52. The molecule has 0 spiro atoms. The first-order valence-electron chi connectivity index (χ1n) is 13.7. The summed E-state index contributed by atoms with van der Waals surface area (Å²) in [4.78, 5) is 5.62. The Balaban J connectivity index is 1.45. The summed E-state index contributed by atoms with van der Waals surface area (Å²) >= 11 is 0. The molecule has 1 unspecified atom stereocenters. The Morgan fingerprint density at radius 2 is 1.23 bits per heavy atom. The Hall–Kier alpha value is -4.54. The van der Waals surface area contributed by atoms with Crippen LogP contribution in [0.1, 0.15) is 30.4 Å². The first kappa shape index (κ1) is 23.4. The van der Waals surface area contributed by atoms with Crippen molar-refractivity contribution < 1.29 is 8.42 Å². The molecule has 2 heterocycles. The maximum Gasteiger partial charge on any atom is 0.207 e. The van der Waals surface area contributed by atoms with Crippen molar-refractivity contribution in [3.05, 3.63) is 126 Å². The molecule has 6 aromatic rings. The van der Waals surface area contributed by atoms with Crippen LogP contribution < -0.4 is 0 Å². The molecule has 0 aliphatic carbocycles. The predicted octanol–water partition coefficient (Wildman–Crippen LogP) is 9.10. The molecule has 8 rings (SSSR count). The lowest BCUT2D eigenvalue weighted by molar-refractivity contribution is 0.591. The van der Waals surface area contributed by atoms with Crippen LogP contribution in [0.3, 0.4) is 0 Å². The summed E-state index contributed by atoms with van der Waals surface area (Å²) in [6.45, 7) is 2.09. The lowest BCUT2D eigenvalue weighted by atomic mass is 9.84. The Kier molecular flexibility index (Phi) is 4.95. The van der Waals surface area contributed by atoms with Gasteiger partial charge < -0.3 is 0 Å². The van der Waals surface area contributed by atoms with Crippen LogP contribution in [0.2, 0.25) is 0 Å². The van der Waals surface area contributed by atoms with Crippen molar-refractivity contribution in [2.24, 2.45) is 4.99 Å². The van der Waals surface area contributed by atoms with E-state index in [1.54, 1.807) is 6.07 Å². The van der Waals surface area contributed by atoms with E-state index in [2.05, 4.69) is 85.8 Å². The van der Waals surface area contributed by atoms with E-state index in [1.165, 1.54) is 5.56 Å². The van der Waals surface area contributed by atoms with E-state index in [0.29, 0.717) is 9.79 Å². The van der Waals surface area contributed by atoms with Crippen LogP contribution in [0.4, 0.5) is 5.69 Å². The average molecular weight is 536 g/mol. The standard InChI is InChI=1S/C36H25NO2S/c1-2-29-35-28-20-19-23(21-32(28)40(38,39)31-18-10-17-30(37-29)36(31)35)34-26-15-8-6-13-24(26)33(22-11-4-3-5-12-22)25-14-7-9-16-27(25)34/h3-21,35H,2H2,1H3. The van der Waals surface area contributed by atoms with Gasteiger partial charge in [0.1, 0.15) is 0 Å². The Morgan fingerprint density at radius 3 is 1.85 bits per heavy atom. The maximum absolute atomic E-state index is 14.1. The fourth-order valence-electron chi connectivity index (χ4n) is 6.79. The monoisotopic (exact) mass is 535 g/mol. The quantitative estimate of drug-likeness (QED) is 0.212. The fraction of sp³-hybridized carbons (Fsp3) is 0.0833. The largest absolute Gasteiger partial charge is 0.256 e. The van der Waals surface area contributed by atoms with E-state index >= 15 is 0 Å². The smallest absolute Gasteiger partial charge is 0.207 e. The molecule has 2 aliphatic heterocycles. The van der Waals surface area contributed by atoms with E-state index in [-0.39, 0.29) is 5.92 Å². The molecule has 0 radical (unpaired) electrons. The summed E-state index contributed by atoms with van der Waals surface area (Å²) in [5.74, 6) is -0.113. The highest BCUT2D eigenvalue weighted by Gasteiger charge is 2.42. The van der Waals surface area contributed by atoms with Gasteiger partial charge in [0.25, 0.3) is 0 Å². The van der Waals surface area contributed by atoms with Gasteiger partial charge in [-0.15, -0.1) is 0 Å². The zero-order valence-corrected chi connectivity index (χ0v) is 22.7. The summed E-state index contributed by atoms with van der Waals surface area (Å²) in [7, 11) is -3.71.